The molecule has 0 bridgehead atoms. The van der Waals surface area contributed by atoms with Crippen LogP contribution < -0.4 is 5.73 Å². The third kappa shape index (κ3) is 3.80. The van der Waals surface area contributed by atoms with E-state index in [1.807, 2.05) is 28.8 Å². The quantitative estimate of drug-likeness (QED) is 0.528. The third-order valence-electron chi connectivity index (χ3n) is 7.06. The van der Waals surface area contributed by atoms with Crippen LogP contribution in [0, 0.1) is 17.2 Å². The van der Waals surface area contributed by atoms with Gasteiger partial charge in [0.25, 0.3) is 0 Å². The van der Waals surface area contributed by atoms with E-state index in [0.717, 1.165) is 48.6 Å². The molecule has 4 rings (SSSR count). The number of aliphatic imine (C=N–C) groups is 1. The Kier molecular flexibility index (Phi) is 5.99. The van der Waals surface area contributed by atoms with Crippen molar-refractivity contribution in [3.63, 3.8) is 0 Å². The van der Waals surface area contributed by atoms with E-state index < -0.39 is 6.17 Å². The van der Waals surface area contributed by atoms with Gasteiger partial charge in [-0.25, -0.2) is 9.38 Å². The first-order chi connectivity index (χ1) is 15.0. The molecule has 1 aliphatic heterocycles. The second-order valence-corrected chi connectivity index (χ2v) is 8.78. The number of halogens is 1. The topological polar surface area (TPSA) is 83.2 Å². The molecule has 0 radical (unpaired) electrons. The van der Waals surface area contributed by atoms with E-state index in [-0.39, 0.29) is 17.4 Å². The number of hydrogen-bond acceptors (Lipinski definition) is 4. The lowest BCUT2D eigenvalue weighted by molar-refractivity contribution is 0.274. The van der Waals surface area contributed by atoms with Gasteiger partial charge in [-0.05, 0) is 49.8 Å². The van der Waals surface area contributed by atoms with E-state index in [0.29, 0.717) is 18.9 Å². The fraction of sp³-hybridized carbons (Fsp3) is 0.542. The van der Waals surface area contributed by atoms with Gasteiger partial charge in [0, 0.05) is 17.8 Å². The van der Waals surface area contributed by atoms with Crippen LogP contribution in [0.2, 0.25) is 0 Å². The molecule has 2 fully saturated rings. The molecule has 7 heteroatoms. The molecule has 3 unspecified atom stereocenters. The van der Waals surface area contributed by atoms with E-state index >= 15 is 0 Å². The number of hydrogen-bond donors (Lipinski definition) is 1. The zero-order valence-corrected chi connectivity index (χ0v) is 18.3. The summed E-state index contributed by atoms with van der Waals surface area (Å²) < 4.78 is 16.4. The summed E-state index contributed by atoms with van der Waals surface area (Å²) in [4.78, 5) is 6.36. The minimum absolute atomic E-state index is 0.0224. The van der Waals surface area contributed by atoms with Crippen LogP contribution in [0.5, 0.6) is 0 Å². The maximum absolute atomic E-state index is 14.4. The molecule has 1 saturated carbocycles. The van der Waals surface area contributed by atoms with Crippen LogP contribution in [0.15, 0.2) is 41.3 Å². The van der Waals surface area contributed by atoms with Gasteiger partial charge in [0.05, 0.1) is 42.1 Å². The summed E-state index contributed by atoms with van der Waals surface area (Å²) >= 11 is 0. The minimum Gasteiger partial charge on any atom is -0.390 e. The molecule has 1 aliphatic carbocycles. The summed E-state index contributed by atoms with van der Waals surface area (Å²) in [5.74, 6) is 0.717. The van der Waals surface area contributed by atoms with Crippen LogP contribution in [0.4, 0.5) is 4.39 Å². The van der Waals surface area contributed by atoms with E-state index in [2.05, 4.69) is 41.3 Å². The highest BCUT2D eigenvalue weighted by atomic mass is 19.1. The number of fused-ring (bicyclic) bond motifs is 1. The Hall–Kier alpha value is -2.88. The lowest BCUT2D eigenvalue weighted by Crippen LogP contribution is -2.32. The van der Waals surface area contributed by atoms with Crippen molar-refractivity contribution in [2.24, 2.45) is 16.6 Å². The fourth-order valence-corrected chi connectivity index (χ4v) is 4.84. The van der Waals surface area contributed by atoms with E-state index in [1.54, 1.807) is 0 Å². The second-order valence-electron chi connectivity index (χ2n) is 8.78. The number of allylic oxidation sites excluding steroid dienone is 1. The Morgan fingerprint density at radius 3 is 2.81 bits per heavy atom. The van der Waals surface area contributed by atoms with Crippen molar-refractivity contribution >= 4 is 17.2 Å². The van der Waals surface area contributed by atoms with Crippen LogP contribution in [-0.2, 0) is 5.41 Å². The van der Waals surface area contributed by atoms with Crippen LogP contribution >= 0.6 is 0 Å². The van der Waals surface area contributed by atoms with Crippen LogP contribution in [0.3, 0.4) is 0 Å². The maximum Gasteiger partial charge on any atom is 0.128 e. The smallest absolute Gasteiger partial charge is 0.128 e. The first-order valence-corrected chi connectivity index (χ1v) is 11.3. The summed E-state index contributed by atoms with van der Waals surface area (Å²) in [6.45, 7) is 5.11. The van der Waals surface area contributed by atoms with Gasteiger partial charge in [0.15, 0.2) is 0 Å². The Morgan fingerprint density at radius 1 is 1.42 bits per heavy atom. The number of nitrogens with two attached hydrogens (primary N) is 1. The third-order valence-corrected chi connectivity index (χ3v) is 7.06. The van der Waals surface area contributed by atoms with Crippen molar-refractivity contribution in [1.29, 1.82) is 5.26 Å². The number of alkyl halides is 1. The maximum atomic E-state index is 14.4. The highest BCUT2D eigenvalue weighted by molar-refractivity contribution is 5.80. The van der Waals surface area contributed by atoms with Gasteiger partial charge in [-0.1, -0.05) is 26.0 Å². The molecule has 2 aromatic rings. The van der Waals surface area contributed by atoms with Crippen molar-refractivity contribution in [3.8, 4) is 6.07 Å². The monoisotopic (exact) mass is 422 g/mol. The Labute approximate surface area is 183 Å². The minimum atomic E-state index is -0.848. The van der Waals surface area contributed by atoms with Gasteiger partial charge in [-0.2, -0.15) is 10.4 Å². The molecular weight excluding hydrogens is 391 g/mol. The highest BCUT2D eigenvalue weighted by Crippen LogP contribution is 2.44. The van der Waals surface area contributed by atoms with Crippen LogP contribution in [-0.4, -0.2) is 40.3 Å². The van der Waals surface area contributed by atoms with Gasteiger partial charge in [-0.15, -0.1) is 0 Å². The van der Waals surface area contributed by atoms with Gasteiger partial charge in [0.2, 0.25) is 0 Å². The Bertz CT molecular complexity index is 1030. The van der Waals surface area contributed by atoms with Crippen molar-refractivity contribution in [2.75, 3.05) is 13.1 Å². The molecule has 6 nitrogen and oxygen atoms in total. The number of rotatable bonds is 7. The SMILES string of the molecule is CCC1CN(/C(=C/C(CC)n2ncc3ccc(C4(C#N)CCC4)cc32)N=CN)CC1F. The summed E-state index contributed by atoms with van der Waals surface area (Å²) in [6.07, 6.45) is 8.85. The van der Waals surface area contributed by atoms with Crippen molar-refractivity contribution in [3.05, 3.63) is 41.9 Å². The van der Waals surface area contributed by atoms with Gasteiger partial charge in [-0.3, -0.25) is 4.68 Å². The molecule has 164 valence electrons. The molecule has 3 atom stereocenters. The van der Waals surface area contributed by atoms with E-state index in [9.17, 15) is 9.65 Å². The lowest BCUT2D eigenvalue weighted by Gasteiger charge is -2.35. The van der Waals surface area contributed by atoms with Gasteiger partial charge < -0.3 is 10.6 Å². The van der Waals surface area contributed by atoms with Crippen molar-refractivity contribution in [1.82, 2.24) is 14.7 Å². The molecule has 2 aliphatic rings. The molecule has 2 heterocycles. The molecule has 1 saturated heterocycles. The van der Waals surface area contributed by atoms with E-state index in [4.69, 9.17) is 5.73 Å². The van der Waals surface area contributed by atoms with Crippen molar-refractivity contribution < 1.29 is 4.39 Å². The predicted molar refractivity (Wildman–Crippen MR) is 121 cm³/mol. The number of aromatic nitrogens is 2. The Morgan fingerprint density at radius 2 is 2.23 bits per heavy atom. The predicted octanol–water partition coefficient (Wildman–Crippen LogP) is 4.44. The van der Waals surface area contributed by atoms with Gasteiger partial charge >= 0.3 is 0 Å². The highest BCUT2D eigenvalue weighted by Gasteiger charge is 2.39. The molecule has 31 heavy (non-hydrogen) atoms. The number of nitriles is 1. The average Bonchev–Trinajstić information content (AvgIpc) is 3.34. The summed E-state index contributed by atoms with van der Waals surface area (Å²) in [7, 11) is 0. The second kappa shape index (κ2) is 8.70. The molecule has 1 aromatic carbocycles. The zero-order valence-electron chi connectivity index (χ0n) is 18.3. The lowest BCUT2D eigenvalue weighted by atomic mass is 9.65. The zero-order chi connectivity index (χ0) is 22.0. The van der Waals surface area contributed by atoms with Crippen LogP contribution in [0.25, 0.3) is 10.9 Å². The number of benzene rings is 1. The average molecular weight is 423 g/mol. The van der Waals surface area contributed by atoms with E-state index in [1.165, 1.54) is 6.34 Å². The van der Waals surface area contributed by atoms with Crippen molar-refractivity contribution in [2.45, 2.75) is 63.6 Å². The largest absolute Gasteiger partial charge is 0.390 e. The molecule has 1 aromatic heterocycles. The molecular formula is C24H31FN6. The number of nitrogens with zero attached hydrogens (tertiary/aromatic N) is 5. The normalized spacial score (nSPS) is 24.5. The number of likely N-dealkylation sites (tertiary alicyclic amines) is 1. The van der Waals surface area contributed by atoms with Gasteiger partial charge in [0.1, 0.15) is 12.0 Å². The Balaban J connectivity index is 1.70. The van der Waals surface area contributed by atoms with Crippen LogP contribution in [0.1, 0.15) is 57.6 Å². The summed E-state index contributed by atoms with van der Waals surface area (Å²) in [5, 5.41) is 15.5. The summed E-state index contributed by atoms with van der Waals surface area (Å²) in [6, 6.07) is 8.72. The molecule has 0 amide bonds. The standard InChI is InChI=1S/C24H31FN6/c1-3-17-13-30(14-21(17)25)23(28-16-27)11-20(4-2)31-22-10-19(7-6-18(22)12-29-31)24(15-26)8-5-9-24/h6-7,10-12,16-17,20-21H,3-5,8-9,13-14H2,1-2H3,(H2,27,28)/b23-11+. The fourth-order valence-electron chi connectivity index (χ4n) is 4.84. The molecule has 0 spiro atoms. The first kappa shape index (κ1) is 21.4. The molecule has 2 N–H and O–H groups in total. The summed E-state index contributed by atoms with van der Waals surface area (Å²) in [5.41, 5.74) is 7.34. The first-order valence-electron chi connectivity index (χ1n) is 11.3.